The van der Waals surface area contributed by atoms with Crippen LogP contribution in [0.5, 0.6) is 0 Å². The van der Waals surface area contributed by atoms with E-state index in [9.17, 15) is 18.0 Å². The number of rotatable bonds is 4. The Morgan fingerprint density at radius 3 is 2.20 bits per heavy atom. The second-order valence-corrected chi connectivity index (χ2v) is 8.21. The number of nitrogens with zero attached hydrogens (tertiary/aromatic N) is 3. The largest absolute Gasteiger partial charge is 0.398 e. The number of nitrogens with two attached hydrogens (primary N) is 1. The lowest BCUT2D eigenvalue weighted by atomic mass is 10.1. The maximum absolute atomic E-state index is 12.7. The Balaban J connectivity index is 2.22. The van der Waals surface area contributed by atoms with Gasteiger partial charge in [-0.2, -0.15) is 0 Å². The highest BCUT2D eigenvalue weighted by molar-refractivity contribution is 7.89. The van der Waals surface area contributed by atoms with Crippen LogP contribution in [-0.2, 0) is 14.8 Å². The predicted octanol–water partition coefficient (Wildman–Crippen LogP) is 0.214. The van der Waals surface area contributed by atoms with Crippen molar-refractivity contribution in [2.75, 3.05) is 46.0 Å². The van der Waals surface area contributed by atoms with E-state index < -0.39 is 10.0 Å². The maximum Gasteiger partial charge on any atom is 0.256 e. The molecule has 9 heteroatoms. The van der Waals surface area contributed by atoms with Gasteiger partial charge in [-0.25, -0.2) is 12.7 Å². The molecule has 1 heterocycles. The molecule has 0 spiro atoms. The molecule has 2 amide bonds. The summed E-state index contributed by atoms with van der Waals surface area (Å²) in [5, 5.41) is 0. The minimum atomic E-state index is -3.65. The minimum Gasteiger partial charge on any atom is -0.398 e. The van der Waals surface area contributed by atoms with E-state index in [0.29, 0.717) is 32.6 Å². The molecule has 2 N–H and O–H groups in total. The third-order valence-electron chi connectivity index (χ3n) is 4.26. The van der Waals surface area contributed by atoms with Gasteiger partial charge in [-0.1, -0.05) is 6.92 Å². The highest BCUT2D eigenvalue weighted by Gasteiger charge is 2.27. The number of amides is 2. The number of carbonyl (C=O) groups is 2. The lowest BCUT2D eigenvalue weighted by Crippen LogP contribution is -2.50. The number of carbonyl (C=O) groups excluding carboxylic acids is 2. The van der Waals surface area contributed by atoms with Crippen LogP contribution < -0.4 is 5.73 Å². The molecule has 2 rings (SSSR count). The van der Waals surface area contributed by atoms with Gasteiger partial charge in [0.2, 0.25) is 15.9 Å². The summed E-state index contributed by atoms with van der Waals surface area (Å²) < 4.78 is 25.6. The average molecular weight is 368 g/mol. The summed E-state index contributed by atoms with van der Waals surface area (Å²) in [7, 11) is -0.794. The van der Waals surface area contributed by atoms with Gasteiger partial charge in [0, 0.05) is 52.4 Å². The zero-order valence-electron chi connectivity index (χ0n) is 14.7. The molecule has 1 fully saturated rings. The Labute approximate surface area is 148 Å². The Bertz CT molecular complexity index is 768. The molecule has 1 aromatic rings. The molecule has 25 heavy (non-hydrogen) atoms. The van der Waals surface area contributed by atoms with Crippen molar-refractivity contribution in [3.8, 4) is 0 Å². The molecule has 0 saturated carbocycles. The van der Waals surface area contributed by atoms with Crippen LogP contribution in [0.3, 0.4) is 0 Å². The Hall–Kier alpha value is -2.13. The molecular formula is C16H24N4O4S. The van der Waals surface area contributed by atoms with Gasteiger partial charge in [-0.3, -0.25) is 9.59 Å². The zero-order valence-corrected chi connectivity index (χ0v) is 15.5. The van der Waals surface area contributed by atoms with Crippen LogP contribution >= 0.6 is 0 Å². The van der Waals surface area contributed by atoms with Crippen molar-refractivity contribution in [1.82, 2.24) is 14.1 Å². The van der Waals surface area contributed by atoms with Crippen molar-refractivity contribution in [3.05, 3.63) is 23.8 Å². The predicted molar refractivity (Wildman–Crippen MR) is 94.5 cm³/mol. The molecule has 0 radical (unpaired) electrons. The van der Waals surface area contributed by atoms with Crippen molar-refractivity contribution in [1.29, 1.82) is 0 Å². The van der Waals surface area contributed by atoms with Crippen molar-refractivity contribution in [2.45, 2.75) is 18.2 Å². The van der Waals surface area contributed by atoms with Crippen LogP contribution in [0.25, 0.3) is 0 Å². The second-order valence-electron chi connectivity index (χ2n) is 6.06. The number of sulfonamides is 1. The van der Waals surface area contributed by atoms with Crippen LogP contribution in [0.2, 0.25) is 0 Å². The third kappa shape index (κ3) is 3.93. The van der Waals surface area contributed by atoms with Crippen molar-refractivity contribution < 1.29 is 18.0 Å². The van der Waals surface area contributed by atoms with Crippen molar-refractivity contribution >= 4 is 27.5 Å². The molecule has 0 atom stereocenters. The first-order valence-electron chi connectivity index (χ1n) is 8.07. The first kappa shape index (κ1) is 19.2. The van der Waals surface area contributed by atoms with Crippen molar-refractivity contribution in [3.63, 3.8) is 0 Å². The Morgan fingerprint density at radius 2 is 1.68 bits per heavy atom. The zero-order chi connectivity index (χ0) is 18.8. The van der Waals surface area contributed by atoms with Gasteiger partial charge in [-0.05, 0) is 18.2 Å². The van der Waals surface area contributed by atoms with E-state index in [1.165, 1.54) is 32.3 Å². The molecule has 1 aromatic carbocycles. The van der Waals surface area contributed by atoms with Gasteiger partial charge in [0.15, 0.2) is 0 Å². The summed E-state index contributed by atoms with van der Waals surface area (Å²) in [5.41, 5.74) is 6.29. The molecule has 0 unspecified atom stereocenters. The van der Waals surface area contributed by atoms with E-state index >= 15 is 0 Å². The SMILES string of the molecule is CCC(=O)N1CCN(C(=O)c2cc(S(=O)(=O)N(C)C)ccc2N)CC1. The summed E-state index contributed by atoms with van der Waals surface area (Å²) in [5.74, 6) is -0.261. The highest BCUT2D eigenvalue weighted by atomic mass is 32.2. The number of hydrogen-bond donors (Lipinski definition) is 1. The monoisotopic (exact) mass is 368 g/mol. The van der Waals surface area contributed by atoms with Gasteiger partial charge in [0.25, 0.3) is 5.91 Å². The van der Waals surface area contributed by atoms with E-state index in [4.69, 9.17) is 5.73 Å². The van der Waals surface area contributed by atoms with Gasteiger partial charge in [-0.15, -0.1) is 0 Å². The van der Waals surface area contributed by atoms with Crippen LogP contribution in [-0.4, -0.2) is 74.6 Å². The second kappa shape index (κ2) is 7.40. The summed E-state index contributed by atoms with van der Waals surface area (Å²) in [4.78, 5) is 27.8. The molecule has 138 valence electrons. The normalized spacial score (nSPS) is 15.5. The standard InChI is InChI=1S/C16H24N4O4S/c1-4-15(21)19-7-9-20(10-8-19)16(22)13-11-12(5-6-14(13)17)25(23,24)18(2)3/h5-6,11H,4,7-10,17H2,1-3H3. The molecule has 1 saturated heterocycles. The van der Waals surface area contributed by atoms with Crippen LogP contribution in [0.1, 0.15) is 23.7 Å². The Morgan fingerprint density at radius 1 is 1.12 bits per heavy atom. The third-order valence-corrected chi connectivity index (χ3v) is 6.07. The molecule has 0 bridgehead atoms. The lowest BCUT2D eigenvalue weighted by Gasteiger charge is -2.35. The van der Waals surface area contributed by atoms with Gasteiger partial charge >= 0.3 is 0 Å². The van der Waals surface area contributed by atoms with Crippen LogP contribution in [0.4, 0.5) is 5.69 Å². The number of benzene rings is 1. The van der Waals surface area contributed by atoms with E-state index in [2.05, 4.69) is 0 Å². The Kier molecular flexibility index (Phi) is 5.69. The average Bonchev–Trinajstić information content (AvgIpc) is 2.60. The van der Waals surface area contributed by atoms with E-state index in [1.54, 1.807) is 16.7 Å². The van der Waals surface area contributed by atoms with E-state index in [1.807, 2.05) is 0 Å². The van der Waals surface area contributed by atoms with Gasteiger partial charge in [0.1, 0.15) is 0 Å². The number of hydrogen-bond acceptors (Lipinski definition) is 5. The fraction of sp³-hybridized carbons (Fsp3) is 0.500. The van der Waals surface area contributed by atoms with E-state index in [0.717, 1.165) is 4.31 Å². The van der Waals surface area contributed by atoms with E-state index in [-0.39, 0.29) is 28.0 Å². The highest BCUT2D eigenvalue weighted by Crippen LogP contribution is 2.22. The number of piperazine rings is 1. The summed E-state index contributed by atoms with van der Waals surface area (Å²) in [6.07, 6.45) is 0.436. The summed E-state index contributed by atoms with van der Waals surface area (Å²) in [6.45, 7) is 3.53. The molecule has 1 aliphatic rings. The number of nitrogen functional groups attached to an aromatic ring is 1. The summed E-state index contributed by atoms with van der Waals surface area (Å²) >= 11 is 0. The lowest BCUT2D eigenvalue weighted by molar-refractivity contribution is -0.132. The molecule has 8 nitrogen and oxygen atoms in total. The molecule has 0 aromatic heterocycles. The molecule has 0 aliphatic carbocycles. The van der Waals surface area contributed by atoms with Gasteiger partial charge in [0.05, 0.1) is 10.5 Å². The fourth-order valence-electron chi connectivity index (χ4n) is 2.64. The first-order valence-corrected chi connectivity index (χ1v) is 9.51. The number of anilines is 1. The van der Waals surface area contributed by atoms with Gasteiger partial charge < -0.3 is 15.5 Å². The maximum atomic E-state index is 12.7. The molecular weight excluding hydrogens is 344 g/mol. The smallest absolute Gasteiger partial charge is 0.256 e. The van der Waals surface area contributed by atoms with Crippen molar-refractivity contribution in [2.24, 2.45) is 0 Å². The first-order chi connectivity index (χ1) is 11.7. The topological polar surface area (TPSA) is 104 Å². The molecule has 1 aliphatic heterocycles. The fourth-order valence-corrected chi connectivity index (χ4v) is 3.57. The minimum absolute atomic E-state index is 0.0230. The summed E-state index contributed by atoms with van der Waals surface area (Å²) in [6, 6.07) is 4.14. The van der Waals surface area contributed by atoms with Crippen LogP contribution in [0.15, 0.2) is 23.1 Å². The quantitative estimate of drug-likeness (QED) is 0.765. The van der Waals surface area contributed by atoms with Crippen LogP contribution in [0, 0.1) is 0 Å².